The molecule has 0 saturated carbocycles. The monoisotopic (exact) mass is 246 g/mol. The average molecular weight is 246 g/mol. The molecule has 0 radical (unpaired) electrons. The average Bonchev–Trinajstić information content (AvgIpc) is 2.60. The SMILES string of the molecule is CCCn1cc(OCCCS(C)(=O)=O)cn1. The summed E-state index contributed by atoms with van der Waals surface area (Å²) in [4.78, 5) is 0. The highest BCUT2D eigenvalue weighted by Gasteiger charge is 2.03. The van der Waals surface area contributed by atoms with Crippen LogP contribution in [0.3, 0.4) is 0 Å². The van der Waals surface area contributed by atoms with Crippen LogP contribution in [0.15, 0.2) is 12.4 Å². The Morgan fingerprint density at radius 2 is 2.25 bits per heavy atom. The molecule has 5 nitrogen and oxygen atoms in total. The zero-order chi connectivity index (χ0) is 12.0. The molecule has 1 aromatic rings. The van der Waals surface area contributed by atoms with Gasteiger partial charge >= 0.3 is 0 Å². The maximum atomic E-state index is 10.9. The molecule has 1 aromatic heterocycles. The first kappa shape index (κ1) is 13.0. The van der Waals surface area contributed by atoms with Crippen molar-refractivity contribution >= 4 is 9.84 Å². The van der Waals surface area contributed by atoms with Crippen molar-refractivity contribution in [3.8, 4) is 5.75 Å². The third-order valence-electron chi connectivity index (χ3n) is 1.99. The molecule has 0 aliphatic heterocycles. The van der Waals surface area contributed by atoms with E-state index in [1.807, 2.05) is 10.9 Å². The number of aromatic nitrogens is 2. The van der Waals surface area contributed by atoms with E-state index in [1.54, 1.807) is 6.20 Å². The predicted octanol–water partition coefficient (Wildman–Crippen LogP) is 1.11. The molecule has 0 saturated heterocycles. The minimum Gasteiger partial charge on any atom is -0.490 e. The summed E-state index contributed by atoms with van der Waals surface area (Å²) < 4.78 is 28.9. The second-order valence-electron chi connectivity index (χ2n) is 3.77. The number of aryl methyl sites for hydroxylation is 1. The first-order chi connectivity index (χ1) is 7.51. The van der Waals surface area contributed by atoms with Gasteiger partial charge in [-0.2, -0.15) is 5.10 Å². The quantitative estimate of drug-likeness (QED) is 0.676. The minimum atomic E-state index is -2.88. The second kappa shape index (κ2) is 5.89. The van der Waals surface area contributed by atoms with Crippen molar-refractivity contribution in [3.63, 3.8) is 0 Å². The molecule has 0 N–H and O–H groups in total. The summed E-state index contributed by atoms with van der Waals surface area (Å²) in [5.41, 5.74) is 0. The molecule has 0 unspecified atom stereocenters. The smallest absolute Gasteiger partial charge is 0.157 e. The van der Waals surface area contributed by atoms with Crippen molar-refractivity contribution in [2.45, 2.75) is 26.3 Å². The van der Waals surface area contributed by atoms with E-state index in [4.69, 9.17) is 4.74 Å². The van der Waals surface area contributed by atoms with Crippen LogP contribution in [0.25, 0.3) is 0 Å². The van der Waals surface area contributed by atoms with Crippen molar-refractivity contribution in [2.24, 2.45) is 0 Å². The van der Waals surface area contributed by atoms with E-state index < -0.39 is 9.84 Å². The van der Waals surface area contributed by atoms with Gasteiger partial charge in [0.15, 0.2) is 5.75 Å². The molecule has 0 aliphatic rings. The normalized spacial score (nSPS) is 11.6. The molecule has 0 fully saturated rings. The molecule has 1 rings (SSSR count). The third kappa shape index (κ3) is 5.16. The number of ether oxygens (including phenoxy) is 1. The van der Waals surface area contributed by atoms with Crippen molar-refractivity contribution in [2.75, 3.05) is 18.6 Å². The van der Waals surface area contributed by atoms with Crippen molar-refractivity contribution in [1.82, 2.24) is 9.78 Å². The van der Waals surface area contributed by atoms with Crippen LogP contribution in [0, 0.1) is 0 Å². The summed E-state index contributed by atoms with van der Waals surface area (Å²) in [5, 5.41) is 4.11. The van der Waals surface area contributed by atoms with Gasteiger partial charge in [0.2, 0.25) is 0 Å². The molecule has 0 bridgehead atoms. The van der Waals surface area contributed by atoms with Crippen LogP contribution in [-0.4, -0.2) is 36.8 Å². The Hall–Kier alpha value is -1.04. The number of nitrogens with zero attached hydrogens (tertiary/aromatic N) is 2. The van der Waals surface area contributed by atoms with Gasteiger partial charge in [0, 0.05) is 12.8 Å². The minimum absolute atomic E-state index is 0.163. The highest BCUT2D eigenvalue weighted by Crippen LogP contribution is 2.08. The Kier molecular flexibility index (Phi) is 4.79. The fourth-order valence-corrected chi connectivity index (χ4v) is 1.92. The van der Waals surface area contributed by atoms with Gasteiger partial charge < -0.3 is 4.74 Å². The first-order valence-corrected chi connectivity index (χ1v) is 7.40. The van der Waals surface area contributed by atoms with Crippen molar-refractivity contribution in [3.05, 3.63) is 12.4 Å². The molecule has 0 aliphatic carbocycles. The zero-order valence-corrected chi connectivity index (χ0v) is 10.5. The van der Waals surface area contributed by atoms with E-state index in [9.17, 15) is 8.42 Å². The summed E-state index contributed by atoms with van der Waals surface area (Å²) in [6.45, 7) is 3.35. The molecule has 16 heavy (non-hydrogen) atoms. The van der Waals surface area contributed by atoms with Gasteiger partial charge in [0.25, 0.3) is 0 Å². The lowest BCUT2D eigenvalue weighted by molar-refractivity contribution is 0.317. The fraction of sp³-hybridized carbons (Fsp3) is 0.700. The number of sulfone groups is 1. The van der Waals surface area contributed by atoms with Gasteiger partial charge in [0.1, 0.15) is 9.84 Å². The van der Waals surface area contributed by atoms with E-state index >= 15 is 0 Å². The van der Waals surface area contributed by atoms with Crippen LogP contribution < -0.4 is 4.74 Å². The lowest BCUT2D eigenvalue weighted by Gasteiger charge is -2.02. The molecule has 0 aromatic carbocycles. The van der Waals surface area contributed by atoms with Crippen molar-refractivity contribution < 1.29 is 13.2 Å². The van der Waals surface area contributed by atoms with E-state index in [0.29, 0.717) is 18.8 Å². The number of hydrogen-bond acceptors (Lipinski definition) is 4. The van der Waals surface area contributed by atoms with E-state index in [-0.39, 0.29) is 5.75 Å². The summed E-state index contributed by atoms with van der Waals surface area (Å²) in [5.74, 6) is 0.859. The standard InChI is InChI=1S/C10H18N2O3S/c1-3-5-12-9-10(8-11-12)15-6-4-7-16(2,13)14/h8-9H,3-7H2,1-2H3. The van der Waals surface area contributed by atoms with Crippen LogP contribution in [0.2, 0.25) is 0 Å². The molecular formula is C10H18N2O3S. The second-order valence-corrected chi connectivity index (χ2v) is 6.03. The Labute approximate surface area is 96.3 Å². The molecule has 0 spiro atoms. The molecule has 0 atom stereocenters. The van der Waals surface area contributed by atoms with Gasteiger partial charge in [-0.3, -0.25) is 4.68 Å². The predicted molar refractivity (Wildman–Crippen MR) is 62.3 cm³/mol. The summed E-state index contributed by atoms with van der Waals surface area (Å²) in [6, 6.07) is 0. The lowest BCUT2D eigenvalue weighted by atomic mass is 10.5. The number of hydrogen-bond donors (Lipinski definition) is 0. The number of rotatable bonds is 7. The first-order valence-electron chi connectivity index (χ1n) is 5.34. The third-order valence-corrected chi connectivity index (χ3v) is 3.02. The Morgan fingerprint density at radius 1 is 1.50 bits per heavy atom. The van der Waals surface area contributed by atoms with Crippen LogP contribution in [-0.2, 0) is 16.4 Å². The van der Waals surface area contributed by atoms with Crippen LogP contribution in [0.1, 0.15) is 19.8 Å². The zero-order valence-electron chi connectivity index (χ0n) is 9.72. The van der Waals surface area contributed by atoms with Crippen molar-refractivity contribution in [1.29, 1.82) is 0 Å². The van der Waals surface area contributed by atoms with Crippen LogP contribution >= 0.6 is 0 Å². The van der Waals surface area contributed by atoms with E-state index in [0.717, 1.165) is 13.0 Å². The molecule has 1 heterocycles. The highest BCUT2D eigenvalue weighted by atomic mass is 32.2. The topological polar surface area (TPSA) is 61.2 Å². The van der Waals surface area contributed by atoms with Crippen LogP contribution in [0.4, 0.5) is 0 Å². The molecule has 92 valence electrons. The summed E-state index contributed by atoms with van der Waals surface area (Å²) in [6.07, 6.45) is 6.24. The maximum Gasteiger partial charge on any atom is 0.157 e. The Bertz CT molecular complexity index is 411. The Balaban J connectivity index is 2.26. The lowest BCUT2D eigenvalue weighted by Crippen LogP contribution is -2.07. The van der Waals surface area contributed by atoms with Gasteiger partial charge in [-0.25, -0.2) is 8.42 Å². The fourth-order valence-electron chi connectivity index (χ4n) is 1.28. The van der Waals surface area contributed by atoms with Gasteiger partial charge in [-0.15, -0.1) is 0 Å². The van der Waals surface area contributed by atoms with E-state index in [1.165, 1.54) is 6.26 Å². The van der Waals surface area contributed by atoms with Gasteiger partial charge in [0.05, 0.1) is 24.8 Å². The van der Waals surface area contributed by atoms with E-state index in [2.05, 4.69) is 12.0 Å². The van der Waals surface area contributed by atoms with Gasteiger partial charge in [-0.1, -0.05) is 6.92 Å². The van der Waals surface area contributed by atoms with Crippen LogP contribution in [0.5, 0.6) is 5.75 Å². The van der Waals surface area contributed by atoms with Gasteiger partial charge in [-0.05, 0) is 12.8 Å². The summed E-state index contributed by atoms with van der Waals surface area (Å²) in [7, 11) is -2.88. The molecule has 0 amide bonds. The largest absolute Gasteiger partial charge is 0.490 e. The maximum absolute atomic E-state index is 10.9. The summed E-state index contributed by atoms with van der Waals surface area (Å²) >= 11 is 0. The molecular weight excluding hydrogens is 228 g/mol. The molecule has 6 heteroatoms. The Morgan fingerprint density at radius 3 is 2.88 bits per heavy atom. The highest BCUT2D eigenvalue weighted by molar-refractivity contribution is 7.90.